The van der Waals surface area contributed by atoms with Gasteiger partial charge in [-0.15, -0.1) is 30.6 Å². The second-order valence-electron chi connectivity index (χ2n) is 5.73. The molecule has 1 aliphatic carbocycles. The molecule has 1 aliphatic rings. The SMILES string of the molecule is C=CCNC(=NC)NCc1ccc(C)cc1OC1CCCC1.I. The Balaban J connectivity index is 0.00000264. The molecule has 23 heavy (non-hydrogen) atoms. The van der Waals surface area contributed by atoms with Crippen molar-refractivity contribution in [3.63, 3.8) is 0 Å². The van der Waals surface area contributed by atoms with E-state index in [0.29, 0.717) is 19.2 Å². The average molecular weight is 429 g/mol. The minimum absolute atomic E-state index is 0. The fraction of sp³-hybridized carbons (Fsp3) is 0.500. The summed E-state index contributed by atoms with van der Waals surface area (Å²) in [7, 11) is 1.77. The lowest BCUT2D eigenvalue weighted by Crippen LogP contribution is -2.36. The fourth-order valence-corrected chi connectivity index (χ4v) is 2.67. The Hall–Kier alpha value is -1.24. The summed E-state index contributed by atoms with van der Waals surface area (Å²) in [6.07, 6.45) is 7.09. The Bertz CT molecular complexity index is 525. The Morgan fingerprint density at radius 1 is 1.35 bits per heavy atom. The molecule has 5 heteroatoms. The molecular weight excluding hydrogens is 401 g/mol. The number of benzene rings is 1. The molecule has 2 rings (SSSR count). The largest absolute Gasteiger partial charge is 0.490 e. The monoisotopic (exact) mass is 429 g/mol. The summed E-state index contributed by atoms with van der Waals surface area (Å²) < 4.78 is 6.22. The Morgan fingerprint density at radius 2 is 2.09 bits per heavy atom. The van der Waals surface area contributed by atoms with Gasteiger partial charge in [-0.25, -0.2) is 0 Å². The third kappa shape index (κ3) is 6.41. The number of nitrogens with zero attached hydrogens (tertiary/aromatic N) is 1. The van der Waals surface area contributed by atoms with Crippen LogP contribution in [0.4, 0.5) is 0 Å². The lowest BCUT2D eigenvalue weighted by atomic mass is 10.1. The number of aliphatic imine (C=N–C) groups is 1. The van der Waals surface area contributed by atoms with E-state index in [1.165, 1.54) is 36.8 Å². The molecule has 0 aliphatic heterocycles. The van der Waals surface area contributed by atoms with Crippen molar-refractivity contribution in [2.24, 2.45) is 4.99 Å². The first-order valence-corrected chi connectivity index (χ1v) is 8.04. The van der Waals surface area contributed by atoms with Gasteiger partial charge >= 0.3 is 0 Å². The van der Waals surface area contributed by atoms with E-state index < -0.39 is 0 Å². The highest BCUT2D eigenvalue weighted by Gasteiger charge is 2.18. The van der Waals surface area contributed by atoms with Gasteiger partial charge in [-0.1, -0.05) is 18.2 Å². The van der Waals surface area contributed by atoms with Gasteiger partial charge in [-0.05, 0) is 44.2 Å². The van der Waals surface area contributed by atoms with E-state index in [1.54, 1.807) is 7.05 Å². The summed E-state index contributed by atoms with van der Waals surface area (Å²) in [5.41, 5.74) is 2.39. The average Bonchev–Trinajstić information content (AvgIpc) is 3.02. The van der Waals surface area contributed by atoms with Crippen LogP contribution in [0, 0.1) is 6.92 Å². The van der Waals surface area contributed by atoms with E-state index >= 15 is 0 Å². The predicted molar refractivity (Wildman–Crippen MR) is 108 cm³/mol. The van der Waals surface area contributed by atoms with Gasteiger partial charge in [-0.3, -0.25) is 4.99 Å². The molecule has 1 aromatic carbocycles. The first-order chi connectivity index (χ1) is 10.7. The first kappa shape index (κ1) is 19.8. The standard InChI is InChI=1S/C18H27N3O.HI/c1-4-11-20-18(19-3)21-13-15-10-9-14(2)12-17(15)22-16-7-5-6-8-16;/h4,9-10,12,16H,1,5-8,11,13H2,2-3H3,(H2,19,20,21);1H. The summed E-state index contributed by atoms with van der Waals surface area (Å²) in [4.78, 5) is 4.20. The van der Waals surface area contributed by atoms with E-state index in [0.717, 1.165) is 11.7 Å². The molecule has 0 aromatic heterocycles. The van der Waals surface area contributed by atoms with Gasteiger partial charge in [0, 0.05) is 25.7 Å². The second kappa shape index (κ2) is 10.5. The third-order valence-electron chi connectivity index (χ3n) is 3.90. The molecule has 1 fully saturated rings. The summed E-state index contributed by atoms with van der Waals surface area (Å²) in [6, 6.07) is 6.39. The number of nitrogens with one attached hydrogen (secondary N) is 2. The van der Waals surface area contributed by atoms with Crippen molar-refractivity contribution in [3.8, 4) is 5.75 Å². The van der Waals surface area contributed by atoms with Crippen LogP contribution in [0.15, 0.2) is 35.8 Å². The maximum Gasteiger partial charge on any atom is 0.191 e. The van der Waals surface area contributed by atoms with E-state index in [1.807, 2.05) is 6.08 Å². The molecule has 0 spiro atoms. The van der Waals surface area contributed by atoms with Gasteiger partial charge in [0.1, 0.15) is 5.75 Å². The molecule has 0 bridgehead atoms. The van der Waals surface area contributed by atoms with Crippen molar-refractivity contribution in [3.05, 3.63) is 42.0 Å². The van der Waals surface area contributed by atoms with E-state index in [9.17, 15) is 0 Å². The number of rotatable bonds is 6. The molecule has 4 nitrogen and oxygen atoms in total. The lowest BCUT2D eigenvalue weighted by Gasteiger charge is -2.18. The molecule has 0 amide bonds. The van der Waals surface area contributed by atoms with E-state index in [4.69, 9.17) is 4.74 Å². The van der Waals surface area contributed by atoms with Crippen molar-refractivity contribution in [2.75, 3.05) is 13.6 Å². The molecular formula is C18H28IN3O. The second-order valence-corrected chi connectivity index (χ2v) is 5.73. The van der Waals surface area contributed by atoms with Crippen molar-refractivity contribution in [1.82, 2.24) is 10.6 Å². The van der Waals surface area contributed by atoms with Crippen molar-refractivity contribution in [1.29, 1.82) is 0 Å². The molecule has 0 saturated heterocycles. The zero-order valence-electron chi connectivity index (χ0n) is 14.1. The Morgan fingerprint density at radius 3 is 2.74 bits per heavy atom. The van der Waals surface area contributed by atoms with Crippen LogP contribution in [0.25, 0.3) is 0 Å². The zero-order chi connectivity index (χ0) is 15.8. The maximum atomic E-state index is 6.22. The van der Waals surface area contributed by atoms with Crippen LogP contribution in [0.5, 0.6) is 5.75 Å². The third-order valence-corrected chi connectivity index (χ3v) is 3.90. The number of guanidine groups is 1. The van der Waals surface area contributed by atoms with Gasteiger partial charge in [-0.2, -0.15) is 0 Å². The van der Waals surface area contributed by atoms with Gasteiger partial charge < -0.3 is 15.4 Å². The minimum Gasteiger partial charge on any atom is -0.490 e. The number of hydrogen-bond donors (Lipinski definition) is 2. The summed E-state index contributed by atoms with van der Waals surface area (Å²) in [5.74, 6) is 1.77. The van der Waals surface area contributed by atoms with Gasteiger partial charge in [0.15, 0.2) is 5.96 Å². The fourth-order valence-electron chi connectivity index (χ4n) is 2.67. The van der Waals surface area contributed by atoms with Crippen LogP contribution in [0.2, 0.25) is 0 Å². The number of ether oxygens (including phenoxy) is 1. The molecule has 2 N–H and O–H groups in total. The van der Waals surface area contributed by atoms with Crippen molar-refractivity contribution < 1.29 is 4.74 Å². The minimum atomic E-state index is 0. The molecule has 0 radical (unpaired) electrons. The normalized spacial score (nSPS) is 15.0. The lowest BCUT2D eigenvalue weighted by molar-refractivity contribution is 0.207. The smallest absolute Gasteiger partial charge is 0.191 e. The highest BCUT2D eigenvalue weighted by molar-refractivity contribution is 14.0. The highest BCUT2D eigenvalue weighted by Crippen LogP contribution is 2.27. The summed E-state index contributed by atoms with van der Waals surface area (Å²) in [6.45, 7) is 7.19. The molecule has 1 aromatic rings. The van der Waals surface area contributed by atoms with Crippen LogP contribution in [0.3, 0.4) is 0 Å². The molecule has 0 heterocycles. The van der Waals surface area contributed by atoms with Crippen LogP contribution >= 0.6 is 24.0 Å². The van der Waals surface area contributed by atoms with Gasteiger partial charge in [0.05, 0.1) is 6.10 Å². The van der Waals surface area contributed by atoms with Crippen molar-refractivity contribution >= 4 is 29.9 Å². The number of hydrogen-bond acceptors (Lipinski definition) is 2. The van der Waals surface area contributed by atoms with Gasteiger partial charge in [0.25, 0.3) is 0 Å². The zero-order valence-corrected chi connectivity index (χ0v) is 16.4. The van der Waals surface area contributed by atoms with Gasteiger partial charge in [0.2, 0.25) is 0 Å². The van der Waals surface area contributed by atoms with Crippen LogP contribution in [-0.4, -0.2) is 25.7 Å². The molecule has 0 unspecified atom stereocenters. The molecule has 128 valence electrons. The predicted octanol–water partition coefficient (Wildman–Crippen LogP) is 3.79. The highest BCUT2D eigenvalue weighted by atomic mass is 127. The van der Waals surface area contributed by atoms with Crippen LogP contribution in [0.1, 0.15) is 36.8 Å². The summed E-state index contributed by atoms with van der Waals surface area (Å²) in [5, 5.41) is 6.49. The van der Waals surface area contributed by atoms with Crippen LogP contribution < -0.4 is 15.4 Å². The van der Waals surface area contributed by atoms with Crippen molar-refractivity contribution in [2.45, 2.75) is 45.3 Å². The topological polar surface area (TPSA) is 45.7 Å². The van der Waals surface area contributed by atoms with E-state index in [2.05, 4.69) is 47.3 Å². The first-order valence-electron chi connectivity index (χ1n) is 8.04. The number of aryl methyl sites for hydroxylation is 1. The molecule has 0 atom stereocenters. The Kier molecular flexibility index (Phi) is 9.06. The molecule has 1 saturated carbocycles. The Labute approximate surface area is 156 Å². The maximum absolute atomic E-state index is 6.22. The quantitative estimate of drug-likeness (QED) is 0.313. The van der Waals surface area contributed by atoms with E-state index in [-0.39, 0.29) is 24.0 Å². The summed E-state index contributed by atoms with van der Waals surface area (Å²) >= 11 is 0. The van der Waals surface area contributed by atoms with Crippen LogP contribution in [-0.2, 0) is 6.54 Å². The number of halogens is 1.